The Bertz CT molecular complexity index is 776. The molecule has 0 bridgehead atoms. The molecule has 0 radical (unpaired) electrons. The summed E-state index contributed by atoms with van der Waals surface area (Å²) >= 11 is 0. The number of piperidine rings is 1. The van der Waals surface area contributed by atoms with Crippen molar-refractivity contribution in [3.8, 4) is 0 Å². The molecule has 0 spiro atoms. The van der Waals surface area contributed by atoms with Gasteiger partial charge in [-0.1, -0.05) is 55.5 Å². The molecular weight excluding hydrogens is 324 g/mol. The van der Waals surface area contributed by atoms with Crippen LogP contribution in [0.3, 0.4) is 0 Å². The predicted octanol–water partition coefficient (Wildman–Crippen LogP) is 3.72. The third-order valence-electron chi connectivity index (χ3n) is 4.70. The van der Waals surface area contributed by atoms with Crippen molar-refractivity contribution in [3.63, 3.8) is 0 Å². The molecule has 4 heteroatoms. The minimum Gasteiger partial charge on any atom is -0.337 e. The Hall–Kier alpha value is -2.88. The Morgan fingerprint density at radius 3 is 2.15 bits per heavy atom. The van der Waals surface area contributed by atoms with Gasteiger partial charge in [-0.3, -0.25) is 9.59 Å². The Morgan fingerprint density at radius 1 is 0.962 bits per heavy atom. The van der Waals surface area contributed by atoms with Gasteiger partial charge in [0.05, 0.1) is 0 Å². The van der Waals surface area contributed by atoms with Crippen LogP contribution in [0.25, 0.3) is 6.08 Å². The number of likely N-dealkylation sites (tertiary alicyclic amines) is 1. The van der Waals surface area contributed by atoms with Crippen LogP contribution in [0.5, 0.6) is 0 Å². The molecule has 2 aromatic rings. The number of nitrogens with zero attached hydrogens (tertiary/aromatic N) is 1. The van der Waals surface area contributed by atoms with Crippen LogP contribution in [0, 0.1) is 5.92 Å². The van der Waals surface area contributed by atoms with Crippen molar-refractivity contribution in [1.29, 1.82) is 0 Å². The normalized spacial score (nSPS) is 15.6. The summed E-state index contributed by atoms with van der Waals surface area (Å²) in [7, 11) is 0. The average Bonchev–Trinajstić information content (AvgIpc) is 2.69. The van der Waals surface area contributed by atoms with E-state index >= 15 is 0 Å². The van der Waals surface area contributed by atoms with Crippen LogP contribution in [-0.2, 0) is 4.79 Å². The Labute approximate surface area is 154 Å². The Balaban J connectivity index is 1.83. The quantitative estimate of drug-likeness (QED) is 0.856. The maximum atomic E-state index is 13.0. The molecule has 0 saturated carbocycles. The Kier molecular flexibility index (Phi) is 5.84. The monoisotopic (exact) mass is 348 g/mol. The zero-order chi connectivity index (χ0) is 18.4. The van der Waals surface area contributed by atoms with Crippen molar-refractivity contribution < 1.29 is 9.59 Å². The van der Waals surface area contributed by atoms with Crippen LogP contribution in [0.1, 0.15) is 35.7 Å². The van der Waals surface area contributed by atoms with E-state index in [1.807, 2.05) is 53.4 Å². The zero-order valence-electron chi connectivity index (χ0n) is 15.0. The first-order valence-corrected chi connectivity index (χ1v) is 9.06. The van der Waals surface area contributed by atoms with Crippen molar-refractivity contribution in [2.45, 2.75) is 19.8 Å². The maximum absolute atomic E-state index is 13.0. The largest absolute Gasteiger partial charge is 0.337 e. The molecule has 1 aliphatic rings. The fourth-order valence-electron chi connectivity index (χ4n) is 3.03. The van der Waals surface area contributed by atoms with Gasteiger partial charge in [-0.05, 0) is 42.5 Å². The van der Waals surface area contributed by atoms with E-state index in [1.54, 1.807) is 18.2 Å². The van der Waals surface area contributed by atoms with Crippen molar-refractivity contribution in [3.05, 3.63) is 77.5 Å². The number of amides is 2. The molecule has 0 unspecified atom stereocenters. The highest BCUT2D eigenvalue weighted by Crippen LogP contribution is 2.18. The minimum absolute atomic E-state index is 0.120. The van der Waals surface area contributed by atoms with Crippen molar-refractivity contribution >= 4 is 17.9 Å². The molecule has 2 aromatic carbocycles. The lowest BCUT2D eigenvalue weighted by Gasteiger charge is -2.31. The lowest BCUT2D eigenvalue weighted by atomic mass is 9.99. The fraction of sp³-hybridized carbons (Fsp3) is 0.273. The summed E-state index contributed by atoms with van der Waals surface area (Å²) in [5.74, 6) is 0.246. The summed E-state index contributed by atoms with van der Waals surface area (Å²) in [5, 5.41) is 2.82. The summed E-state index contributed by atoms with van der Waals surface area (Å²) in [6, 6.07) is 18.5. The van der Waals surface area contributed by atoms with E-state index < -0.39 is 0 Å². The number of hydrogen-bond donors (Lipinski definition) is 1. The van der Waals surface area contributed by atoms with E-state index in [4.69, 9.17) is 0 Å². The van der Waals surface area contributed by atoms with E-state index in [-0.39, 0.29) is 11.8 Å². The molecule has 4 nitrogen and oxygen atoms in total. The number of nitrogens with one attached hydrogen (secondary N) is 1. The fourth-order valence-corrected chi connectivity index (χ4v) is 3.03. The van der Waals surface area contributed by atoms with E-state index in [9.17, 15) is 9.59 Å². The van der Waals surface area contributed by atoms with Crippen molar-refractivity contribution in [1.82, 2.24) is 10.2 Å². The third-order valence-corrected chi connectivity index (χ3v) is 4.70. The zero-order valence-corrected chi connectivity index (χ0v) is 15.0. The van der Waals surface area contributed by atoms with Gasteiger partial charge in [-0.15, -0.1) is 0 Å². The van der Waals surface area contributed by atoms with Gasteiger partial charge in [-0.2, -0.15) is 0 Å². The molecule has 1 heterocycles. The number of carbonyl (C=O) groups excluding carboxylic acids is 2. The van der Waals surface area contributed by atoms with E-state index in [1.165, 1.54) is 0 Å². The molecule has 1 aliphatic heterocycles. The van der Waals surface area contributed by atoms with Crippen molar-refractivity contribution in [2.75, 3.05) is 13.1 Å². The first kappa shape index (κ1) is 17.9. The number of carbonyl (C=O) groups is 2. The highest BCUT2D eigenvalue weighted by Gasteiger charge is 2.24. The molecule has 1 saturated heterocycles. The summed E-state index contributed by atoms with van der Waals surface area (Å²) in [6.45, 7) is 3.67. The highest BCUT2D eigenvalue weighted by atomic mass is 16.2. The van der Waals surface area contributed by atoms with Crippen LogP contribution in [-0.4, -0.2) is 29.8 Å². The second-order valence-corrected chi connectivity index (χ2v) is 6.76. The lowest BCUT2D eigenvalue weighted by molar-refractivity contribution is -0.128. The van der Waals surface area contributed by atoms with Gasteiger partial charge in [0, 0.05) is 18.7 Å². The molecule has 0 atom stereocenters. The summed E-state index contributed by atoms with van der Waals surface area (Å²) in [4.78, 5) is 27.4. The SMILES string of the molecule is CC1CCN(C(=O)/C(=C\c2ccccc2)NC(=O)c2ccccc2)CC1. The highest BCUT2D eigenvalue weighted by molar-refractivity contribution is 6.05. The number of rotatable bonds is 4. The van der Waals surface area contributed by atoms with Gasteiger partial charge in [0.25, 0.3) is 11.8 Å². The predicted molar refractivity (Wildman–Crippen MR) is 103 cm³/mol. The molecule has 134 valence electrons. The van der Waals surface area contributed by atoms with Gasteiger partial charge in [0.15, 0.2) is 0 Å². The van der Waals surface area contributed by atoms with Gasteiger partial charge < -0.3 is 10.2 Å². The van der Waals surface area contributed by atoms with Crippen LogP contribution in [0.2, 0.25) is 0 Å². The smallest absolute Gasteiger partial charge is 0.270 e. The molecule has 1 fully saturated rings. The second-order valence-electron chi connectivity index (χ2n) is 6.76. The summed E-state index contributed by atoms with van der Waals surface area (Å²) < 4.78 is 0. The molecular formula is C22H24N2O2. The van der Waals surface area contributed by atoms with E-state index in [2.05, 4.69) is 12.2 Å². The minimum atomic E-state index is -0.272. The third kappa shape index (κ3) is 4.60. The summed E-state index contributed by atoms with van der Waals surface area (Å²) in [6.07, 6.45) is 3.75. The first-order valence-electron chi connectivity index (χ1n) is 9.06. The van der Waals surface area contributed by atoms with Crippen LogP contribution in [0.4, 0.5) is 0 Å². The molecule has 3 rings (SSSR count). The van der Waals surface area contributed by atoms with Gasteiger partial charge >= 0.3 is 0 Å². The van der Waals surface area contributed by atoms with Crippen molar-refractivity contribution in [2.24, 2.45) is 5.92 Å². The molecule has 1 N–H and O–H groups in total. The molecule has 0 aliphatic carbocycles. The summed E-state index contributed by atoms with van der Waals surface area (Å²) in [5.41, 5.74) is 1.74. The van der Waals surface area contributed by atoms with Crippen LogP contribution in [0.15, 0.2) is 66.4 Å². The molecule has 0 aromatic heterocycles. The van der Waals surface area contributed by atoms with E-state index in [0.29, 0.717) is 17.2 Å². The number of hydrogen-bond acceptors (Lipinski definition) is 2. The number of benzene rings is 2. The van der Waals surface area contributed by atoms with Gasteiger partial charge in [0.1, 0.15) is 5.70 Å². The topological polar surface area (TPSA) is 49.4 Å². The van der Waals surface area contributed by atoms with Crippen LogP contribution >= 0.6 is 0 Å². The molecule has 26 heavy (non-hydrogen) atoms. The lowest BCUT2D eigenvalue weighted by Crippen LogP contribution is -2.42. The molecule has 2 amide bonds. The standard InChI is InChI=1S/C22H24N2O2/c1-17-12-14-24(15-13-17)22(26)20(16-18-8-4-2-5-9-18)23-21(25)19-10-6-3-7-11-19/h2-11,16-17H,12-15H2,1H3,(H,23,25)/b20-16+. The van der Waals surface area contributed by atoms with Crippen LogP contribution < -0.4 is 5.32 Å². The van der Waals surface area contributed by atoms with Gasteiger partial charge in [0.2, 0.25) is 0 Å². The van der Waals surface area contributed by atoms with E-state index in [0.717, 1.165) is 31.5 Å². The Morgan fingerprint density at radius 2 is 1.54 bits per heavy atom. The second kappa shape index (κ2) is 8.48. The maximum Gasteiger partial charge on any atom is 0.270 e. The average molecular weight is 348 g/mol. The first-order chi connectivity index (χ1) is 12.6. The van der Waals surface area contributed by atoms with Gasteiger partial charge in [-0.25, -0.2) is 0 Å².